The van der Waals surface area contributed by atoms with E-state index in [4.69, 9.17) is 4.42 Å². The summed E-state index contributed by atoms with van der Waals surface area (Å²) in [7, 11) is 0. The van der Waals surface area contributed by atoms with Crippen LogP contribution < -0.4 is 10.2 Å². The smallest absolute Gasteiger partial charge is 0.276 e. The summed E-state index contributed by atoms with van der Waals surface area (Å²) in [5.41, 5.74) is 1.44. The van der Waals surface area contributed by atoms with Crippen molar-refractivity contribution in [2.24, 2.45) is 5.92 Å². The van der Waals surface area contributed by atoms with Crippen LogP contribution in [0.2, 0.25) is 0 Å². The van der Waals surface area contributed by atoms with Gasteiger partial charge in [0.1, 0.15) is 5.76 Å². The second kappa shape index (κ2) is 6.78. The maximum Gasteiger partial charge on any atom is 0.276 e. The molecule has 0 spiro atoms. The number of pyridine rings is 1. The van der Waals surface area contributed by atoms with E-state index in [1.807, 2.05) is 12.1 Å². The van der Waals surface area contributed by atoms with Gasteiger partial charge in [0.15, 0.2) is 12.1 Å². The monoisotopic (exact) mass is 355 g/mol. The number of carbonyl (C=O) groups excluding carboxylic acids is 2. The van der Waals surface area contributed by atoms with E-state index in [0.29, 0.717) is 31.1 Å². The van der Waals surface area contributed by atoms with Gasteiger partial charge in [0.05, 0.1) is 12.0 Å². The number of anilines is 1. The minimum absolute atomic E-state index is 0.00799. The number of likely N-dealkylation sites (tertiary alicyclic amines) is 1. The summed E-state index contributed by atoms with van der Waals surface area (Å²) >= 11 is 0. The highest BCUT2D eigenvalue weighted by molar-refractivity contribution is 5.94. The van der Waals surface area contributed by atoms with Gasteiger partial charge in [0, 0.05) is 44.3 Å². The molecule has 0 radical (unpaired) electrons. The Morgan fingerprint density at radius 2 is 2.00 bits per heavy atom. The number of rotatable bonds is 4. The molecule has 8 nitrogen and oxygen atoms in total. The fourth-order valence-electron chi connectivity index (χ4n) is 3.48. The second-order valence-corrected chi connectivity index (χ2v) is 6.81. The van der Waals surface area contributed by atoms with Crippen LogP contribution in [0.4, 0.5) is 5.69 Å². The van der Waals surface area contributed by atoms with Gasteiger partial charge in [-0.05, 0) is 25.5 Å². The molecule has 26 heavy (non-hydrogen) atoms. The zero-order chi connectivity index (χ0) is 18.1. The van der Waals surface area contributed by atoms with E-state index in [1.54, 1.807) is 24.2 Å². The lowest BCUT2D eigenvalue weighted by atomic mass is 10.0. The van der Waals surface area contributed by atoms with E-state index >= 15 is 0 Å². The molecule has 0 bridgehead atoms. The molecule has 4 rings (SSSR count). The Hall–Kier alpha value is -2.90. The summed E-state index contributed by atoms with van der Waals surface area (Å²) < 4.78 is 5.07. The molecule has 2 saturated heterocycles. The molecule has 1 unspecified atom stereocenters. The molecular weight excluding hydrogens is 334 g/mol. The van der Waals surface area contributed by atoms with E-state index < -0.39 is 0 Å². The van der Waals surface area contributed by atoms with Crippen molar-refractivity contribution in [2.75, 3.05) is 31.1 Å². The molecule has 2 aliphatic heterocycles. The lowest BCUT2D eigenvalue weighted by molar-refractivity contribution is -0.126. The molecule has 1 atom stereocenters. The number of nitrogens with zero attached hydrogens (tertiary/aromatic N) is 4. The summed E-state index contributed by atoms with van der Waals surface area (Å²) in [4.78, 5) is 36.6. The van der Waals surface area contributed by atoms with E-state index in [2.05, 4.69) is 20.2 Å². The van der Waals surface area contributed by atoms with Crippen molar-refractivity contribution in [1.82, 2.24) is 20.2 Å². The fraction of sp³-hybridized carbons (Fsp3) is 0.444. The second-order valence-electron chi connectivity index (χ2n) is 6.81. The van der Waals surface area contributed by atoms with Crippen LogP contribution in [0.15, 0.2) is 35.3 Å². The van der Waals surface area contributed by atoms with Crippen molar-refractivity contribution in [1.29, 1.82) is 0 Å². The highest BCUT2D eigenvalue weighted by atomic mass is 16.3. The summed E-state index contributed by atoms with van der Waals surface area (Å²) in [5.74, 6) is 0.415. The quantitative estimate of drug-likeness (QED) is 0.874. The van der Waals surface area contributed by atoms with Gasteiger partial charge in [-0.3, -0.25) is 14.6 Å². The van der Waals surface area contributed by atoms with Crippen molar-refractivity contribution >= 4 is 17.5 Å². The minimum Gasteiger partial charge on any atom is -0.448 e. The average Bonchev–Trinajstić information content (AvgIpc) is 3.27. The molecule has 136 valence electrons. The van der Waals surface area contributed by atoms with Crippen LogP contribution >= 0.6 is 0 Å². The molecule has 0 saturated carbocycles. The van der Waals surface area contributed by atoms with Crippen LogP contribution in [0.1, 0.15) is 22.7 Å². The summed E-state index contributed by atoms with van der Waals surface area (Å²) in [6.07, 6.45) is 5.64. The van der Waals surface area contributed by atoms with Crippen molar-refractivity contribution in [3.63, 3.8) is 0 Å². The van der Waals surface area contributed by atoms with Crippen LogP contribution in [0, 0.1) is 12.8 Å². The SMILES string of the molecule is Cc1ocnc1C(=O)N1CC(NC(=O)C2CCN(c3ccncc3)C2)C1. The predicted octanol–water partition coefficient (Wildman–Crippen LogP) is 0.845. The highest BCUT2D eigenvalue weighted by Crippen LogP contribution is 2.24. The Morgan fingerprint density at radius 3 is 2.69 bits per heavy atom. The normalized spacial score (nSPS) is 20.1. The first-order valence-electron chi connectivity index (χ1n) is 8.76. The average molecular weight is 355 g/mol. The van der Waals surface area contributed by atoms with Crippen LogP contribution in [-0.2, 0) is 4.79 Å². The number of carbonyl (C=O) groups is 2. The van der Waals surface area contributed by atoms with Gasteiger partial charge >= 0.3 is 0 Å². The molecule has 2 aliphatic rings. The van der Waals surface area contributed by atoms with E-state index in [-0.39, 0.29) is 23.8 Å². The maximum atomic E-state index is 12.5. The Kier molecular flexibility index (Phi) is 4.32. The Bertz CT molecular complexity index is 800. The van der Waals surface area contributed by atoms with E-state index in [9.17, 15) is 9.59 Å². The standard InChI is InChI=1S/C18H21N5O3/c1-12-16(20-11-26-12)18(25)23-9-14(10-23)21-17(24)13-4-7-22(8-13)15-2-5-19-6-3-15/h2-3,5-6,11,13-14H,4,7-10H2,1H3,(H,21,24). The molecule has 1 N–H and O–H groups in total. The van der Waals surface area contributed by atoms with Crippen molar-refractivity contribution in [2.45, 2.75) is 19.4 Å². The van der Waals surface area contributed by atoms with E-state index in [1.165, 1.54) is 6.39 Å². The Labute approximate surface area is 151 Å². The maximum absolute atomic E-state index is 12.5. The topological polar surface area (TPSA) is 91.6 Å². The van der Waals surface area contributed by atoms with Gasteiger partial charge in [-0.25, -0.2) is 4.98 Å². The zero-order valence-corrected chi connectivity index (χ0v) is 14.6. The predicted molar refractivity (Wildman–Crippen MR) is 93.6 cm³/mol. The Balaban J connectivity index is 1.25. The van der Waals surface area contributed by atoms with Gasteiger partial charge in [0.2, 0.25) is 5.91 Å². The summed E-state index contributed by atoms with van der Waals surface area (Å²) in [6.45, 7) is 4.31. The largest absolute Gasteiger partial charge is 0.448 e. The van der Waals surface area contributed by atoms with Gasteiger partial charge in [-0.2, -0.15) is 0 Å². The number of oxazole rings is 1. The van der Waals surface area contributed by atoms with E-state index in [0.717, 1.165) is 18.7 Å². The van der Waals surface area contributed by atoms with Gasteiger partial charge in [-0.15, -0.1) is 0 Å². The fourth-order valence-corrected chi connectivity index (χ4v) is 3.48. The number of aryl methyl sites for hydroxylation is 1. The third kappa shape index (κ3) is 3.14. The lowest BCUT2D eigenvalue weighted by Crippen LogP contribution is -2.61. The zero-order valence-electron chi connectivity index (χ0n) is 14.6. The first-order valence-corrected chi connectivity index (χ1v) is 8.76. The highest BCUT2D eigenvalue weighted by Gasteiger charge is 2.36. The number of aromatic nitrogens is 2. The van der Waals surface area contributed by atoms with Gasteiger partial charge in [0.25, 0.3) is 5.91 Å². The van der Waals surface area contributed by atoms with Crippen LogP contribution in [-0.4, -0.2) is 58.9 Å². The molecule has 2 fully saturated rings. The molecule has 4 heterocycles. The molecular formula is C18H21N5O3. The number of hydrogen-bond acceptors (Lipinski definition) is 6. The third-order valence-corrected chi connectivity index (χ3v) is 5.05. The summed E-state index contributed by atoms with van der Waals surface area (Å²) in [6, 6.07) is 3.93. The first-order chi connectivity index (χ1) is 12.6. The molecule has 8 heteroatoms. The first kappa shape index (κ1) is 16.6. The number of amides is 2. The molecule has 2 aromatic heterocycles. The van der Waals surface area contributed by atoms with Gasteiger partial charge in [-0.1, -0.05) is 0 Å². The van der Waals surface area contributed by atoms with Crippen LogP contribution in [0.3, 0.4) is 0 Å². The Morgan fingerprint density at radius 1 is 1.23 bits per heavy atom. The van der Waals surface area contributed by atoms with Crippen LogP contribution in [0.5, 0.6) is 0 Å². The molecule has 0 aliphatic carbocycles. The van der Waals surface area contributed by atoms with Crippen molar-refractivity contribution in [3.05, 3.63) is 42.4 Å². The molecule has 2 amide bonds. The minimum atomic E-state index is -0.147. The third-order valence-electron chi connectivity index (χ3n) is 5.05. The molecule has 0 aromatic carbocycles. The van der Waals surface area contributed by atoms with Crippen molar-refractivity contribution in [3.8, 4) is 0 Å². The molecule has 2 aromatic rings. The lowest BCUT2D eigenvalue weighted by Gasteiger charge is -2.39. The summed E-state index contributed by atoms with van der Waals surface area (Å²) in [5, 5.41) is 3.06. The number of hydrogen-bond donors (Lipinski definition) is 1. The van der Waals surface area contributed by atoms with Crippen LogP contribution in [0.25, 0.3) is 0 Å². The number of nitrogens with one attached hydrogen (secondary N) is 1. The van der Waals surface area contributed by atoms with Crippen molar-refractivity contribution < 1.29 is 14.0 Å². The van der Waals surface area contributed by atoms with Gasteiger partial charge < -0.3 is 19.5 Å².